The van der Waals surface area contributed by atoms with Crippen molar-refractivity contribution in [3.8, 4) is 0 Å². The van der Waals surface area contributed by atoms with Crippen LogP contribution in [0.15, 0.2) is 48.5 Å². The SMILES string of the molecule is Clc1ccc(CNCCCNCc2ccc(Cl)cc2)cc1. The smallest absolute Gasteiger partial charge is 0.0406 e. The average Bonchev–Trinajstić information content (AvgIpc) is 2.50. The summed E-state index contributed by atoms with van der Waals surface area (Å²) in [6, 6.07) is 15.9. The molecule has 2 aromatic carbocycles. The molecule has 0 saturated heterocycles. The molecular formula is C17H20Cl2N2. The van der Waals surface area contributed by atoms with E-state index in [1.165, 1.54) is 11.1 Å². The molecule has 0 unspecified atom stereocenters. The Kier molecular flexibility index (Phi) is 7.04. The monoisotopic (exact) mass is 322 g/mol. The van der Waals surface area contributed by atoms with Crippen LogP contribution in [-0.2, 0) is 13.1 Å². The van der Waals surface area contributed by atoms with Crippen LogP contribution in [0.2, 0.25) is 10.0 Å². The zero-order chi connectivity index (χ0) is 14.9. The molecule has 0 atom stereocenters. The van der Waals surface area contributed by atoms with Gasteiger partial charge in [-0.1, -0.05) is 47.5 Å². The van der Waals surface area contributed by atoms with Gasteiger partial charge in [0.25, 0.3) is 0 Å². The largest absolute Gasteiger partial charge is 0.313 e. The van der Waals surface area contributed by atoms with E-state index in [2.05, 4.69) is 10.6 Å². The zero-order valence-corrected chi connectivity index (χ0v) is 13.4. The van der Waals surface area contributed by atoms with Crippen LogP contribution < -0.4 is 10.6 Å². The summed E-state index contributed by atoms with van der Waals surface area (Å²) in [5, 5.41) is 8.42. The average molecular weight is 323 g/mol. The van der Waals surface area contributed by atoms with Crippen LogP contribution in [-0.4, -0.2) is 13.1 Å². The predicted molar refractivity (Wildman–Crippen MR) is 90.9 cm³/mol. The number of benzene rings is 2. The van der Waals surface area contributed by atoms with Crippen LogP contribution in [0.4, 0.5) is 0 Å². The summed E-state index contributed by atoms with van der Waals surface area (Å²) < 4.78 is 0. The molecule has 0 amide bonds. The van der Waals surface area contributed by atoms with E-state index in [1.54, 1.807) is 0 Å². The molecule has 0 aliphatic carbocycles. The van der Waals surface area contributed by atoms with Gasteiger partial charge in [0.1, 0.15) is 0 Å². The fourth-order valence-electron chi connectivity index (χ4n) is 2.01. The molecule has 0 aliphatic rings. The molecule has 4 heteroatoms. The molecule has 0 radical (unpaired) electrons. The highest BCUT2D eigenvalue weighted by atomic mass is 35.5. The molecule has 21 heavy (non-hydrogen) atoms. The topological polar surface area (TPSA) is 24.1 Å². The third kappa shape index (κ3) is 6.49. The first-order chi connectivity index (χ1) is 10.2. The van der Waals surface area contributed by atoms with Crippen molar-refractivity contribution in [1.82, 2.24) is 10.6 Å². The Morgan fingerprint density at radius 3 is 1.38 bits per heavy atom. The predicted octanol–water partition coefficient (Wildman–Crippen LogP) is 4.26. The van der Waals surface area contributed by atoms with Gasteiger partial charge in [0.15, 0.2) is 0 Å². The maximum absolute atomic E-state index is 5.85. The van der Waals surface area contributed by atoms with E-state index >= 15 is 0 Å². The maximum Gasteiger partial charge on any atom is 0.0406 e. The van der Waals surface area contributed by atoms with Gasteiger partial charge in [-0.2, -0.15) is 0 Å². The van der Waals surface area contributed by atoms with Crippen LogP contribution in [0.5, 0.6) is 0 Å². The zero-order valence-electron chi connectivity index (χ0n) is 11.9. The minimum absolute atomic E-state index is 0.783. The normalized spacial score (nSPS) is 10.8. The van der Waals surface area contributed by atoms with Crippen molar-refractivity contribution in [2.24, 2.45) is 0 Å². The van der Waals surface area contributed by atoms with Gasteiger partial charge in [0.2, 0.25) is 0 Å². The van der Waals surface area contributed by atoms with Crippen molar-refractivity contribution >= 4 is 23.2 Å². The molecule has 0 fully saturated rings. The van der Waals surface area contributed by atoms with E-state index in [1.807, 2.05) is 48.5 Å². The van der Waals surface area contributed by atoms with Gasteiger partial charge in [-0.05, 0) is 54.9 Å². The Morgan fingerprint density at radius 1 is 0.619 bits per heavy atom. The minimum atomic E-state index is 0.783. The number of hydrogen-bond acceptors (Lipinski definition) is 2. The molecule has 2 nitrogen and oxygen atoms in total. The molecule has 0 spiro atoms. The van der Waals surface area contributed by atoms with Crippen molar-refractivity contribution in [3.63, 3.8) is 0 Å². The summed E-state index contributed by atoms with van der Waals surface area (Å²) in [6.45, 7) is 3.76. The van der Waals surface area contributed by atoms with E-state index in [4.69, 9.17) is 23.2 Å². The summed E-state index contributed by atoms with van der Waals surface area (Å²) in [7, 11) is 0. The molecule has 0 bridgehead atoms. The fraction of sp³-hybridized carbons (Fsp3) is 0.294. The second-order valence-electron chi connectivity index (χ2n) is 4.96. The second kappa shape index (κ2) is 9.06. The van der Waals surface area contributed by atoms with Gasteiger partial charge < -0.3 is 10.6 Å². The van der Waals surface area contributed by atoms with Gasteiger partial charge in [-0.3, -0.25) is 0 Å². The highest BCUT2D eigenvalue weighted by molar-refractivity contribution is 6.30. The van der Waals surface area contributed by atoms with Crippen molar-refractivity contribution in [2.45, 2.75) is 19.5 Å². The van der Waals surface area contributed by atoms with Crippen LogP contribution in [0.3, 0.4) is 0 Å². The van der Waals surface area contributed by atoms with Gasteiger partial charge in [-0.25, -0.2) is 0 Å². The van der Waals surface area contributed by atoms with E-state index in [9.17, 15) is 0 Å². The van der Waals surface area contributed by atoms with E-state index in [0.717, 1.165) is 42.6 Å². The minimum Gasteiger partial charge on any atom is -0.313 e. The van der Waals surface area contributed by atoms with Gasteiger partial charge in [0, 0.05) is 23.1 Å². The first-order valence-electron chi connectivity index (χ1n) is 7.14. The molecule has 112 valence electrons. The second-order valence-corrected chi connectivity index (χ2v) is 5.83. The lowest BCUT2D eigenvalue weighted by Crippen LogP contribution is -2.21. The lowest BCUT2D eigenvalue weighted by molar-refractivity contribution is 0.595. The number of hydrogen-bond donors (Lipinski definition) is 2. The highest BCUT2D eigenvalue weighted by Crippen LogP contribution is 2.09. The molecular weight excluding hydrogens is 303 g/mol. The van der Waals surface area contributed by atoms with E-state index in [-0.39, 0.29) is 0 Å². The Morgan fingerprint density at radius 2 is 1.00 bits per heavy atom. The Bertz CT molecular complexity index is 474. The lowest BCUT2D eigenvalue weighted by Gasteiger charge is -2.07. The number of halogens is 2. The Balaban J connectivity index is 1.52. The van der Waals surface area contributed by atoms with Crippen molar-refractivity contribution in [3.05, 3.63) is 69.7 Å². The van der Waals surface area contributed by atoms with E-state index < -0.39 is 0 Å². The number of rotatable bonds is 8. The molecule has 2 rings (SSSR count). The summed E-state index contributed by atoms with van der Waals surface area (Å²) in [4.78, 5) is 0. The van der Waals surface area contributed by atoms with Gasteiger partial charge in [0.05, 0.1) is 0 Å². The summed E-state index contributed by atoms with van der Waals surface area (Å²) in [5.74, 6) is 0. The highest BCUT2D eigenvalue weighted by Gasteiger charge is 1.95. The first-order valence-corrected chi connectivity index (χ1v) is 7.90. The third-order valence-electron chi connectivity index (χ3n) is 3.19. The Labute approximate surface area is 136 Å². The molecule has 2 aromatic rings. The standard InChI is InChI=1S/C17H20Cl2N2/c18-16-6-2-14(3-7-16)12-20-10-1-11-21-13-15-4-8-17(19)9-5-15/h2-9,20-21H,1,10-13H2. The molecule has 0 heterocycles. The summed E-state index contributed by atoms with van der Waals surface area (Å²) >= 11 is 11.7. The first kappa shape index (κ1) is 16.3. The summed E-state index contributed by atoms with van der Waals surface area (Å²) in [6.07, 6.45) is 1.10. The van der Waals surface area contributed by atoms with Crippen LogP contribution in [0, 0.1) is 0 Å². The third-order valence-corrected chi connectivity index (χ3v) is 3.70. The quantitative estimate of drug-likeness (QED) is 0.709. The van der Waals surface area contributed by atoms with E-state index in [0.29, 0.717) is 0 Å². The van der Waals surface area contributed by atoms with Crippen LogP contribution >= 0.6 is 23.2 Å². The van der Waals surface area contributed by atoms with Crippen molar-refractivity contribution in [1.29, 1.82) is 0 Å². The number of nitrogens with one attached hydrogen (secondary N) is 2. The summed E-state index contributed by atoms with van der Waals surface area (Å²) in [5.41, 5.74) is 2.52. The lowest BCUT2D eigenvalue weighted by atomic mass is 10.2. The molecule has 0 saturated carbocycles. The van der Waals surface area contributed by atoms with Gasteiger partial charge in [-0.15, -0.1) is 0 Å². The molecule has 2 N–H and O–H groups in total. The van der Waals surface area contributed by atoms with Crippen LogP contribution in [0.25, 0.3) is 0 Å². The Hall–Kier alpha value is -1.06. The fourth-order valence-corrected chi connectivity index (χ4v) is 2.26. The van der Waals surface area contributed by atoms with Crippen molar-refractivity contribution < 1.29 is 0 Å². The molecule has 0 aliphatic heterocycles. The molecule has 0 aromatic heterocycles. The maximum atomic E-state index is 5.85. The van der Waals surface area contributed by atoms with Gasteiger partial charge >= 0.3 is 0 Å². The van der Waals surface area contributed by atoms with Crippen LogP contribution in [0.1, 0.15) is 17.5 Å². The van der Waals surface area contributed by atoms with Crippen molar-refractivity contribution in [2.75, 3.05) is 13.1 Å².